The monoisotopic (exact) mass is 235 g/mol. The molecular formula is C11H9NO3S. The fraction of sp³-hybridized carbons (Fsp3) is 0.0909. The van der Waals surface area contributed by atoms with Crippen molar-refractivity contribution in [3.63, 3.8) is 0 Å². The number of phenols is 1. The first-order valence-corrected chi connectivity index (χ1v) is 5.42. The number of nitrogens with zero attached hydrogens (tertiary/aromatic N) is 1. The van der Waals surface area contributed by atoms with Crippen molar-refractivity contribution >= 4 is 17.3 Å². The number of rotatable bonds is 2. The summed E-state index contributed by atoms with van der Waals surface area (Å²) in [5.41, 5.74) is 0.869. The molecule has 82 valence electrons. The van der Waals surface area contributed by atoms with Crippen molar-refractivity contribution in [3.8, 4) is 16.3 Å². The lowest BCUT2D eigenvalue weighted by Crippen LogP contribution is -2.00. The molecule has 1 N–H and O–H groups in total. The molecule has 4 nitrogen and oxygen atoms in total. The summed E-state index contributed by atoms with van der Waals surface area (Å²) in [6.45, 7) is 0. The summed E-state index contributed by atoms with van der Waals surface area (Å²) in [4.78, 5) is 15.3. The quantitative estimate of drug-likeness (QED) is 0.811. The summed E-state index contributed by atoms with van der Waals surface area (Å²) < 4.78 is 4.56. The van der Waals surface area contributed by atoms with E-state index in [-0.39, 0.29) is 11.4 Å². The van der Waals surface area contributed by atoms with Crippen LogP contribution in [0.15, 0.2) is 29.6 Å². The SMILES string of the molecule is COC(=O)c1csc(-c2ccccc2O)n1. The molecule has 0 amide bonds. The lowest BCUT2D eigenvalue weighted by atomic mass is 10.2. The zero-order valence-electron chi connectivity index (χ0n) is 8.51. The Morgan fingerprint density at radius 3 is 2.88 bits per heavy atom. The minimum Gasteiger partial charge on any atom is -0.507 e. The Morgan fingerprint density at radius 1 is 1.44 bits per heavy atom. The average molecular weight is 235 g/mol. The second kappa shape index (κ2) is 4.32. The number of ether oxygens (including phenoxy) is 1. The van der Waals surface area contributed by atoms with Crippen LogP contribution >= 0.6 is 11.3 Å². The lowest BCUT2D eigenvalue weighted by Gasteiger charge is -1.98. The smallest absolute Gasteiger partial charge is 0.357 e. The number of carbonyl (C=O) groups excluding carboxylic acids is 1. The van der Waals surface area contributed by atoms with Crippen LogP contribution in [0.5, 0.6) is 5.75 Å². The molecule has 0 aliphatic carbocycles. The number of thiazole rings is 1. The van der Waals surface area contributed by atoms with E-state index in [1.54, 1.807) is 29.6 Å². The van der Waals surface area contributed by atoms with Crippen molar-refractivity contribution in [1.82, 2.24) is 4.98 Å². The van der Waals surface area contributed by atoms with Gasteiger partial charge in [-0.1, -0.05) is 12.1 Å². The summed E-state index contributed by atoms with van der Waals surface area (Å²) in [7, 11) is 1.31. The van der Waals surface area contributed by atoms with Gasteiger partial charge in [-0.05, 0) is 12.1 Å². The third-order valence-electron chi connectivity index (χ3n) is 2.03. The van der Waals surface area contributed by atoms with E-state index < -0.39 is 5.97 Å². The number of aromatic nitrogens is 1. The van der Waals surface area contributed by atoms with Gasteiger partial charge in [-0.15, -0.1) is 11.3 Å². The van der Waals surface area contributed by atoms with E-state index >= 15 is 0 Å². The van der Waals surface area contributed by atoms with Gasteiger partial charge >= 0.3 is 5.97 Å². The van der Waals surface area contributed by atoms with Crippen LogP contribution in [0.1, 0.15) is 10.5 Å². The zero-order chi connectivity index (χ0) is 11.5. The predicted molar refractivity (Wildman–Crippen MR) is 60.6 cm³/mol. The molecule has 0 bridgehead atoms. The maximum absolute atomic E-state index is 11.2. The fourth-order valence-electron chi connectivity index (χ4n) is 1.25. The third-order valence-corrected chi connectivity index (χ3v) is 2.91. The average Bonchev–Trinajstić information content (AvgIpc) is 2.78. The number of hydrogen-bond donors (Lipinski definition) is 1. The number of methoxy groups -OCH3 is 1. The fourth-order valence-corrected chi connectivity index (χ4v) is 2.07. The van der Waals surface area contributed by atoms with Gasteiger partial charge in [0.15, 0.2) is 5.69 Å². The van der Waals surface area contributed by atoms with Gasteiger partial charge in [0.05, 0.1) is 12.7 Å². The zero-order valence-corrected chi connectivity index (χ0v) is 9.32. The molecule has 2 aromatic rings. The number of para-hydroxylation sites is 1. The van der Waals surface area contributed by atoms with Gasteiger partial charge in [0.2, 0.25) is 0 Å². The van der Waals surface area contributed by atoms with Crippen LogP contribution in [-0.4, -0.2) is 23.2 Å². The molecule has 2 rings (SSSR count). The highest BCUT2D eigenvalue weighted by Gasteiger charge is 2.13. The van der Waals surface area contributed by atoms with Gasteiger partial charge in [-0.3, -0.25) is 0 Å². The van der Waals surface area contributed by atoms with Crippen LogP contribution in [0.3, 0.4) is 0 Å². The van der Waals surface area contributed by atoms with Gasteiger partial charge in [-0.25, -0.2) is 9.78 Å². The molecule has 1 heterocycles. The number of hydrogen-bond acceptors (Lipinski definition) is 5. The minimum absolute atomic E-state index is 0.147. The summed E-state index contributed by atoms with van der Waals surface area (Å²) in [5, 5.41) is 11.8. The standard InChI is InChI=1S/C11H9NO3S/c1-15-11(14)8-6-16-10(12-8)7-4-2-3-5-9(7)13/h2-6,13H,1H3. The van der Waals surface area contributed by atoms with Gasteiger partial charge in [-0.2, -0.15) is 0 Å². The molecule has 0 fully saturated rings. The highest BCUT2D eigenvalue weighted by atomic mass is 32.1. The van der Waals surface area contributed by atoms with Crippen LogP contribution in [0.25, 0.3) is 10.6 Å². The highest BCUT2D eigenvalue weighted by molar-refractivity contribution is 7.13. The Bertz CT molecular complexity index is 521. The highest BCUT2D eigenvalue weighted by Crippen LogP contribution is 2.31. The molecule has 1 aromatic heterocycles. The molecule has 0 aliphatic rings. The lowest BCUT2D eigenvalue weighted by molar-refractivity contribution is 0.0595. The third kappa shape index (κ3) is 1.90. The Hall–Kier alpha value is -1.88. The molecule has 0 atom stereocenters. The van der Waals surface area contributed by atoms with Crippen molar-refractivity contribution < 1.29 is 14.6 Å². The minimum atomic E-state index is -0.474. The molecule has 0 aliphatic heterocycles. The Morgan fingerprint density at radius 2 is 2.19 bits per heavy atom. The van der Waals surface area contributed by atoms with E-state index in [2.05, 4.69) is 9.72 Å². The van der Waals surface area contributed by atoms with Crippen LogP contribution in [0, 0.1) is 0 Å². The second-order valence-electron chi connectivity index (χ2n) is 3.05. The Labute approximate surface area is 96.1 Å². The van der Waals surface area contributed by atoms with E-state index in [1.807, 2.05) is 0 Å². The first-order valence-electron chi connectivity index (χ1n) is 4.54. The van der Waals surface area contributed by atoms with Crippen molar-refractivity contribution in [2.45, 2.75) is 0 Å². The van der Waals surface area contributed by atoms with E-state index in [1.165, 1.54) is 18.4 Å². The molecule has 0 radical (unpaired) electrons. The topological polar surface area (TPSA) is 59.4 Å². The van der Waals surface area contributed by atoms with Gasteiger partial charge in [0.25, 0.3) is 0 Å². The molecule has 16 heavy (non-hydrogen) atoms. The van der Waals surface area contributed by atoms with Crippen molar-refractivity contribution in [3.05, 3.63) is 35.3 Å². The number of carbonyl (C=O) groups is 1. The number of benzene rings is 1. The van der Waals surface area contributed by atoms with E-state index in [0.29, 0.717) is 10.6 Å². The molecule has 0 saturated heterocycles. The van der Waals surface area contributed by atoms with Crippen molar-refractivity contribution in [1.29, 1.82) is 0 Å². The van der Waals surface area contributed by atoms with Crippen LogP contribution < -0.4 is 0 Å². The Balaban J connectivity index is 2.39. The summed E-state index contributed by atoms with van der Waals surface area (Å²) in [6.07, 6.45) is 0. The van der Waals surface area contributed by atoms with Gasteiger partial charge < -0.3 is 9.84 Å². The summed E-state index contributed by atoms with van der Waals surface area (Å²) >= 11 is 1.29. The molecule has 0 spiro atoms. The summed E-state index contributed by atoms with van der Waals surface area (Å²) in [6, 6.07) is 6.85. The van der Waals surface area contributed by atoms with Crippen molar-refractivity contribution in [2.75, 3.05) is 7.11 Å². The molecule has 0 unspecified atom stereocenters. The first kappa shape index (κ1) is 10.6. The molecule has 0 saturated carbocycles. The van der Waals surface area contributed by atoms with Crippen molar-refractivity contribution in [2.24, 2.45) is 0 Å². The number of esters is 1. The largest absolute Gasteiger partial charge is 0.507 e. The molecule has 1 aromatic carbocycles. The number of phenolic OH excluding ortho intramolecular Hbond substituents is 1. The summed E-state index contributed by atoms with van der Waals surface area (Å²) in [5.74, 6) is -0.328. The van der Waals surface area contributed by atoms with Crippen LogP contribution in [-0.2, 0) is 4.74 Å². The number of aromatic hydroxyl groups is 1. The normalized spacial score (nSPS) is 10.1. The maximum Gasteiger partial charge on any atom is 0.357 e. The molecule has 5 heteroatoms. The van der Waals surface area contributed by atoms with E-state index in [9.17, 15) is 9.90 Å². The van der Waals surface area contributed by atoms with Gasteiger partial charge in [0, 0.05) is 5.38 Å². The van der Waals surface area contributed by atoms with Crippen LogP contribution in [0.4, 0.5) is 0 Å². The van der Waals surface area contributed by atoms with E-state index in [4.69, 9.17) is 0 Å². The molecular weight excluding hydrogens is 226 g/mol. The second-order valence-corrected chi connectivity index (χ2v) is 3.90. The Kier molecular flexibility index (Phi) is 2.87. The predicted octanol–water partition coefficient (Wildman–Crippen LogP) is 2.30. The first-order chi connectivity index (χ1) is 7.72. The van der Waals surface area contributed by atoms with E-state index in [0.717, 1.165) is 0 Å². The van der Waals surface area contributed by atoms with Gasteiger partial charge in [0.1, 0.15) is 10.8 Å². The van der Waals surface area contributed by atoms with Crippen LogP contribution in [0.2, 0.25) is 0 Å². The maximum atomic E-state index is 11.2.